The van der Waals surface area contributed by atoms with Crippen LogP contribution in [-0.2, 0) is 4.79 Å². The standard InChI is InChI=1S/C13H19N3O3S/c1-19-11-4-3-8(12(15)17)7-10(11)16-13(18)9(14)5-6-20-2/h3-4,7,9H,5-6,14H2,1-2H3,(H2,15,17)(H,16,18)/t9-/m0/s1. The number of methoxy groups -OCH3 is 1. The smallest absolute Gasteiger partial charge is 0.248 e. The topological polar surface area (TPSA) is 107 Å². The molecule has 1 aromatic rings. The second-order valence-corrected chi connectivity index (χ2v) is 5.14. The zero-order valence-electron chi connectivity index (χ0n) is 11.5. The molecule has 0 spiro atoms. The number of benzene rings is 1. The summed E-state index contributed by atoms with van der Waals surface area (Å²) in [4.78, 5) is 23.1. The molecule has 1 atom stereocenters. The fourth-order valence-corrected chi connectivity index (χ4v) is 2.05. The third kappa shape index (κ3) is 4.43. The van der Waals surface area contributed by atoms with Crippen LogP contribution < -0.4 is 21.5 Å². The van der Waals surface area contributed by atoms with Crippen molar-refractivity contribution in [3.8, 4) is 5.75 Å². The maximum Gasteiger partial charge on any atom is 0.248 e. The molecule has 0 aliphatic carbocycles. The number of amides is 2. The van der Waals surface area contributed by atoms with Crippen molar-refractivity contribution >= 4 is 29.3 Å². The quantitative estimate of drug-likeness (QED) is 0.690. The number of anilines is 1. The number of rotatable bonds is 7. The van der Waals surface area contributed by atoms with Crippen LogP contribution in [0.1, 0.15) is 16.8 Å². The van der Waals surface area contributed by atoms with Crippen molar-refractivity contribution in [1.29, 1.82) is 0 Å². The van der Waals surface area contributed by atoms with Gasteiger partial charge in [-0.2, -0.15) is 11.8 Å². The minimum absolute atomic E-state index is 0.291. The van der Waals surface area contributed by atoms with Crippen LogP contribution in [0.2, 0.25) is 0 Å². The number of nitrogens with two attached hydrogens (primary N) is 2. The van der Waals surface area contributed by atoms with Crippen molar-refractivity contribution in [1.82, 2.24) is 0 Å². The van der Waals surface area contributed by atoms with Gasteiger partial charge in [0.2, 0.25) is 11.8 Å². The van der Waals surface area contributed by atoms with E-state index in [4.69, 9.17) is 16.2 Å². The summed E-state index contributed by atoms with van der Waals surface area (Å²) in [6.45, 7) is 0. The normalized spacial score (nSPS) is 11.8. The van der Waals surface area contributed by atoms with Crippen LogP contribution in [0.5, 0.6) is 5.75 Å². The average molecular weight is 297 g/mol. The summed E-state index contributed by atoms with van der Waals surface area (Å²) in [5, 5.41) is 2.66. The van der Waals surface area contributed by atoms with E-state index in [1.807, 2.05) is 6.26 Å². The van der Waals surface area contributed by atoms with Crippen molar-refractivity contribution in [3.05, 3.63) is 23.8 Å². The van der Waals surface area contributed by atoms with E-state index in [9.17, 15) is 9.59 Å². The van der Waals surface area contributed by atoms with Gasteiger partial charge in [-0.25, -0.2) is 0 Å². The Labute approximate surface area is 122 Å². The van der Waals surface area contributed by atoms with Gasteiger partial charge in [0.25, 0.3) is 0 Å². The predicted octanol–water partition coefficient (Wildman–Crippen LogP) is 0.813. The molecule has 0 aliphatic heterocycles. The molecule has 0 aromatic heterocycles. The van der Waals surface area contributed by atoms with E-state index in [0.29, 0.717) is 23.4 Å². The van der Waals surface area contributed by atoms with E-state index in [0.717, 1.165) is 5.75 Å². The van der Waals surface area contributed by atoms with Crippen LogP contribution in [0.15, 0.2) is 18.2 Å². The minimum atomic E-state index is -0.607. The third-order valence-corrected chi connectivity index (χ3v) is 3.36. The maximum atomic E-state index is 12.0. The lowest BCUT2D eigenvalue weighted by atomic mass is 10.1. The molecule has 0 fully saturated rings. The highest BCUT2D eigenvalue weighted by Gasteiger charge is 2.16. The zero-order valence-corrected chi connectivity index (χ0v) is 12.3. The summed E-state index contributed by atoms with van der Waals surface area (Å²) in [5.74, 6) is 0.349. The first-order valence-electron chi connectivity index (χ1n) is 6.02. The molecule has 110 valence electrons. The Balaban J connectivity index is 2.86. The van der Waals surface area contributed by atoms with Gasteiger partial charge >= 0.3 is 0 Å². The lowest BCUT2D eigenvalue weighted by Gasteiger charge is -2.14. The summed E-state index contributed by atoms with van der Waals surface area (Å²) < 4.78 is 5.13. The molecule has 1 aromatic carbocycles. The van der Waals surface area contributed by atoms with Gasteiger partial charge in [0.1, 0.15) is 5.75 Å². The molecule has 0 saturated heterocycles. The molecule has 2 amide bonds. The number of hydrogen-bond donors (Lipinski definition) is 3. The van der Waals surface area contributed by atoms with Gasteiger partial charge in [-0.3, -0.25) is 9.59 Å². The van der Waals surface area contributed by atoms with Crippen LogP contribution >= 0.6 is 11.8 Å². The van der Waals surface area contributed by atoms with Crippen molar-refractivity contribution < 1.29 is 14.3 Å². The first kappa shape index (κ1) is 16.3. The van der Waals surface area contributed by atoms with Gasteiger partial charge in [0.05, 0.1) is 18.8 Å². The van der Waals surface area contributed by atoms with E-state index in [2.05, 4.69) is 5.32 Å². The van der Waals surface area contributed by atoms with Crippen LogP contribution in [0.25, 0.3) is 0 Å². The SMILES string of the molecule is COc1ccc(C(N)=O)cc1NC(=O)[C@@H](N)CCSC. The maximum absolute atomic E-state index is 12.0. The van der Waals surface area contributed by atoms with Gasteiger partial charge in [0, 0.05) is 5.56 Å². The Morgan fingerprint density at radius 3 is 2.70 bits per heavy atom. The van der Waals surface area contributed by atoms with Crippen LogP contribution in [0.3, 0.4) is 0 Å². The summed E-state index contributed by atoms with van der Waals surface area (Å²) >= 11 is 1.62. The van der Waals surface area contributed by atoms with Crippen LogP contribution in [0.4, 0.5) is 5.69 Å². The molecule has 5 N–H and O–H groups in total. The first-order valence-corrected chi connectivity index (χ1v) is 7.42. The molecule has 1 rings (SSSR count). The molecule has 0 bridgehead atoms. The van der Waals surface area contributed by atoms with Gasteiger partial charge < -0.3 is 21.5 Å². The van der Waals surface area contributed by atoms with Gasteiger partial charge in [-0.1, -0.05) is 0 Å². The number of ether oxygens (including phenoxy) is 1. The monoisotopic (exact) mass is 297 g/mol. The third-order valence-electron chi connectivity index (χ3n) is 2.71. The molecule has 0 saturated carbocycles. The largest absolute Gasteiger partial charge is 0.495 e. The first-order chi connectivity index (χ1) is 9.49. The number of nitrogens with one attached hydrogen (secondary N) is 1. The fraction of sp³-hybridized carbons (Fsp3) is 0.385. The lowest BCUT2D eigenvalue weighted by molar-refractivity contribution is -0.117. The van der Waals surface area contributed by atoms with Crippen molar-refractivity contribution in [2.45, 2.75) is 12.5 Å². The highest BCUT2D eigenvalue weighted by atomic mass is 32.2. The number of primary amides is 1. The molecular weight excluding hydrogens is 278 g/mol. The number of carbonyl (C=O) groups excluding carboxylic acids is 2. The van der Waals surface area contributed by atoms with E-state index >= 15 is 0 Å². The van der Waals surface area contributed by atoms with Gasteiger partial charge in [0.15, 0.2) is 0 Å². The highest BCUT2D eigenvalue weighted by molar-refractivity contribution is 7.98. The second kappa shape index (κ2) is 7.76. The molecule has 7 heteroatoms. The van der Waals surface area contributed by atoms with Gasteiger partial charge in [-0.15, -0.1) is 0 Å². The van der Waals surface area contributed by atoms with Crippen molar-refractivity contribution in [3.63, 3.8) is 0 Å². The number of thioether (sulfide) groups is 1. The molecule has 20 heavy (non-hydrogen) atoms. The molecule has 6 nitrogen and oxygen atoms in total. The second-order valence-electron chi connectivity index (χ2n) is 4.16. The van der Waals surface area contributed by atoms with E-state index in [1.54, 1.807) is 17.8 Å². The summed E-state index contributed by atoms with van der Waals surface area (Å²) in [6, 6.07) is 3.97. The average Bonchev–Trinajstić information content (AvgIpc) is 2.44. The Bertz CT molecular complexity index is 494. The minimum Gasteiger partial charge on any atom is -0.495 e. The zero-order chi connectivity index (χ0) is 15.1. The number of carbonyl (C=O) groups is 2. The van der Waals surface area contributed by atoms with Crippen molar-refractivity contribution in [2.75, 3.05) is 24.4 Å². The van der Waals surface area contributed by atoms with E-state index in [-0.39, 0.29) is 5.91 Å². The van der Waals surface area contributed by atoms with Crippen LogP contribution in [-0.4, -0.2) is 37.0 Å². The summed E-state index contributed by atoms with van der Waals surface area (Å²) in [6.07, 6.45) is 2.52. The summed E-state index contributed by atoms with van der Waals surface area (Å²) in [7, 11) is 1.47. The lowest BCUT2D eigenvalue weighted by Crippen LogP contribution is -2.36. The van der Waals surface area contributed by atoms with E-state index in [1.165, 1.54) is 19.2 Å². The van der Waals surface area contributed by atoms with Gasteiger partial charge in [-0.05, 0) is 36.6 Å². The Morgan fingerprint density at radius 1 is 1.45 bits per heavy atom. The highest BCUT2D eigenvalue weighted by Crippen LogP contribution is 2.25. The van der Waals surface area contributed by atoms with Crippen LogP contribution in [0, 0.1) is 0 Å². The predicted molar refractivity (Wildman–Crippen MR) is 81.1 cm³/mol. The summed E-state index contributed by atoms with van der Waals surface area (Å²) in [5.41, 5.74) is 11.7. The van der Waals surface area contributed by atoms with E-state index < -0.39 is 11.9 Å². The molecule has 0 heterocycles. The molecular formula is C13H19N3O3S. The van der Waals surface area contributed by atoms with Crippen molar-refractivity contribution in [2.24, 2.45) is 11.5 Å². The number of hydrogen-bond acceptors (Lipinski definition) is 5. The molecule has 0 aliphatic rings. The Morgan fingerprint density at radius 2 is 2.15 bits per heavy atom. The Kier molecular flexibility index (Phi) is 6.33. The molecule has 0 unspecified atom stereocenters. The Hall–Kier alpha value is -1.73. The molecule has 0 radical (unpaired) electrons. The fourth-order valence-electron chi connectivity index (χ4n) is 1.56.